The number of hydrogen-bond donors (Lipinski definition) is 2. The average Bonchev–Trinajstić information content (AvgIpc) is 2.11. The highest BCUT2D eigenvalue weighted by Crippen LogP contribution is 2.27. The topological polar surface area (TPSA) is 69.6 Å². The van der Waals surface area contributed by atoms with Crippen LogP contribution < -0.4 is 5.32 Å². The van der Waals surface area contributed by atoms with Crippen LogP contribution in [0.3, 0.4) is 0 Å². The summed E-state index contributed by atoms with van der Waals surface area (Å²) in [4.78, 5) is 25.0. The van der Waals surface area contributed by atoms with Crippen molar-refractivity contribution < 1.29 is 14.7 Å². The quantitative estimate of drug-likeness (QED) is 0.816. The van der Waals surface area contributed by atoms with E-state index < -0.39 is 17.0 Å². The SMILES string of the molecule is CCN(C(=O)NC(C)(C)CC(C)(C)C)C(C)(C)C(=O)O. The molecule has 0 aromatic carbocycles. The molecule has 20 heavy (non-hydrogen) atoms. The number of amides is 2. The predicted molar refractivity (Wildman–Crippen MR) is 80.8 cm³/mol. The van der Waals surface area contributed by atoms with Gasteiger partial charge in [0.05, 0.1) is 0 Å². The van der Waals surface area contributed by atoms with Crippen LogP contribution in [0.2, 0.25) is 0 Å². The van der Waals surface area contributed by atoms with E-state index in [9.17, 15) is 14.7 Å². The van der Waals surface area contributed by atoms with E-state index in [1.807, 2.05) is 13.8 Å². The normalized spacial score (nSPS) is 13.0. The molecule has 0 atom stereocenters. The van der Waals surface area contributed by atoms with Crippen molar-refractivity contribution in [2.24, 2.45) is 5.41 Å². The molecular formula is C15H30N2O3. The van der Waals surface area contributed by atoms with E-state index in [-0.39, 0.29) is 11.4 Å². The second-order valence-electron chi connectivity index (χ2n) is 7.66. The van der Waals surface area contributed by atoms with Gasteiger partial charge in [-0.25, -0.2) is 9.59 Å². The van der Waals surface area contributed by atoms with Gasteiger partial charge in [0.2, 0.25) is 0 Å². The van der Waals surface area contributed by atoms with E-state index in [0.717, 1.165) is 6.42 Å². The molecule has 5 nitrogen and oxygen atoms in total. The first-order chi connectivity index (χ1) is 8.73. The van der Waals surface area contributed by atoms with Crippen LogP contribution in [0, 0.1) is 5.41 Å². The standard InChI is InChI=1S/C15H30N2O3/c1-9-17(15(7,8)11(18)19)12(20)16-14(5,6)10-13(2,3)4/h9-10H2,1-8H3,(H,16,20)(H,18,19). The fourth-order valence-electron chi connectivity index (χ4n) is 2.64. The molecule has 0 rings (SSSR count). The summed E-state index contributed by atoms with van der Waals surface area (Å²) in [6, 6.07) is -0.339. The molecule has 0 radical (unpaired) electrons. The lowest BCUT2D eigenvalue weighted by Crippen LogP contribution is -2.59. The first-order valence-electron chi connectivity index (χ1n) is 7.06. The minimum Gasteiger partial charge on any atom is -0.480 e. The minimum atomic E-state index is -1.23. The number of nitrogens with zero attached hydrogens (tertiary/aromatic N) is 1. The zero-order chi connectivity index (χ0) is 16.4. The van der Waals surface area contributed by atoms with E-state index in [1.54, 1.807) is 6.92 Å². The number of carbonyl (C=O) groups is 2. The summed E-state index contributed by atoms with van der Waals surface area (Å²) in [5.74, 6) is -1.01. The Morgan fingerprint density at radius 2 is 1.50 bits per heavy atom. The van der Waals surface area contributed by atoms with E-state index in [0.29, 0.717) is 6.54 Å². The van der Waals surface area contributed by atoms with Gasteiger partial charge in [0.1, 0.15) is 5.54 Å². The second kappa shape index (κ2) is 6.02. The van der Waals surface area contributed by atoms with Crippen molar-refractivity contribution in [3.8, 4) is 0 Å². The Balaban J connectivity index is 5.02. The van der Waals surface area contributed by atoms with E-state index in [2.05, 4.69) is 26.1 Å². The molecule has 0 heterocycles. The van der Waals surface area contributed by atoms with Crippen molar-refractivity contribution >= 4 is 12.0 Å². The summed E-state index contributed by atoms with van der Waals surface area (Å²) >= 11 is 0. The highest BCUT2D eigenvalue weighted by molar-refractivity contribution is 5.85. The Labute approximate surface area is 122 Å². The van der Waals surface area contributed by atoms with Gasteiger partial charge < -0.3 is 15.3 Å². The molecule has 0 fully saturated rings. The molecule has 0 aromatic rings. The summed E-state index contributed by atoms with van der Waals surface area (Å²) in [6.07, 6.45) is 0.802. The van der Waals surface area contributed by atoms with Gasteiger partial charge in [0, 0.05) is 12.1 Å². The molecule has 2 N–H and O–H groups in total. The Kier molecular flexibility index (Phi) is 5.64. The van der Waals surface area contributed by atoms with Crippen LogP contribution in [0.15, 0.2) is 0 Å². The largest absolute Gasteiger partial charge is 0.480 e. The van der Waals surface area contributed by atoms with Crippen molar-refractivity contribution in [2.45, 2.75) is 72.9 Å². The van der Waals surface area contributed by atoms with Crippen molar-refractivity contribution in [3.05, 3.63) is 0 Å². The molecule has 2 amide bonds. The van der Waals surface area contributed by atoms with Crippen LogP contribution in [0.5, 0.6) is 0 Å². The number of carboxylic acid groups (broad SMARTS) is 1. The summed E-state index contributed by atoms with van der Waals surface area (Å²) in [7, 11) is 0. The van der Waals surface area contributed by atoms with Gasteiger partial charge in [0.15, 0.2) is 0 Å². The molecule has 5 heteroatoms. The Bertz CT molecular complexity index is 368. The summed E-state index contributed by atoms with van der Waals surface area (Å²) in [6.45, 7) is 15.4. The van der Waals surface area contributed by atoms with E-state index in [4.69, 9.17) is 0 Å². The lowest BCUT2D eigenvalue weighted by molar-refractivity contribution is -0.147. The second-order valence-corrected chi connectivity index (χ2v) is 7.66. The summed E-state index contributed by atoms with van der Waals surface area (Å²) < 4.78 is 0. The first kappa shape index (κ1) is 18.7. The fourth-order valence-corrected chi connectivity index (χ4v) is 2.64. The smallest absolute Gasteiger partial charge is 0.329 e. The lowest BCUT2D eigenvalue weighted by atomic mass is 9.82. The number of rotatable bonds is 5. The number of likely N-dealkylation sites (N-methyl/N-ethyl adjacent to an activating group) is 1. The highest BCUT2D eigenvalue weighted by Gasteiger charge is 2.38. The minimum absolute atomic E-state index is 0.0795. The number of hydrogen-bond acceptors (Lipinski definition) is 2. The molecule has 0 aromatic heterocycles. The number of carboxylic acids is 1. The maximum Gasteiger partial charge on any atom is 0.329 e. The zero-order valence-electron chi connectivity index (χ0n) is 14.1. The fraction of sp³-hybridized carbons (Fsp3) is 0.867. The number of carbonyl (C=O) groups excluding carboxylic acids is 1. The van der Waals surface area contributed by atoms with E-state index in [1.165, 1.54) is 18.7 Å². The van der Waals surface area contributed by atoms with Gasteiger partial charge in [-0.1, -0.05) is 20.8 Å². The van der Waals surface area contributed by atoms with Gasteiger partial charge in [0.25, 0.3) is 0 Å². The van der Waals surface area contributed by atoms with Gasteiger partial charge in [-0.3, -0.25) is 0 Å². The highest BCUT2D eigenvalue weighted by atomic mass is 16.4. The third-order valence-electron chi connectivity index (χ3n) is 3.18. The molecular weight excluding hydrogens is 256 g/mol. The maximum atomic E-state index is 12.4. The van der Waals surface area contributed by atoms with Crippen molar-refractivity contribution in [1.29, 1.82) is 0 Å². The van der Waals surface area contributed by atoms with Crippen LogP contribution >= 0.6 is 0 Å². The maximum absolute atomic E-state index is 12.4. The molecule has 0 spiro atoms. The molecule has 0 unspecified atom stereocenters. The van der Waals surface area contributed by atoms with Crippen LogP contribution in [-0.4, -0.2) is 39.6 Å². The van der Waals surface area contributed by atoms with Crippen LogP contribution in [0.4, 0.5) is 4.79 Å². The molecule has 0 saturated carbocycles. The molecule has 0 aliphatic carbocycles. The van der Waals surface area contributed by atoms with Crippen LogP contribution in [0.1, 0.15) is 61.8 Å². The van der Waals surface area contributed by atoms with Crippen LogP contribution in [-0.2, 0) is 4.79 Å². The van der Waals surface area contributed by atoms with E-state index >= 15 is 0 Å². The molecule has 0 bridgehead atoms. The number of nitrogens with one attached hydrogen (secondary N) is 1. The lowest BCUT2D eigenvalue weighted by Gasteiger charge is -2.39. The third kappa shape index (κ3) is 5.39. The summed E-state index contributed by atoms with van der Waals surface area (Å²) in [5.41, 5.74) is -1.54. The Morgan fingerprint density at radius 1 is 1.05 bits per heavy atom. The predicted octanol–water partition coefficient (Wildman–Crippen LogP) is 3.10. The van der Waals surface area contributed by atoms with Gasteiger partial charge in [-0.15, -0.1) is 0 Å². The monoisotopic (exact) mass is 286 g/mol. The van der Waals surface area contributed by atoms with Gasteiger partial charge >= 0.3 is 12.0 Å². The average molecular weight is 286 g/mol. The number of urea groups is 1. The molecule has 0 aliphatic heterocycles. The first-order valence-corrected chi connectivity index (χ1v) is 7.06. The Morgan fingerprint density at radius 3 is 1.80 bits per heavy atom. The van der Waals surface area contributed by atoms with Crippen molar-refractivity contribution in [1.82, 2.24) is 10.2 Å². The van der Waals surface area contributed by atoms with Crippen molar-refractivity contribution in [2.75, 3.05) is 6.54 Å². The van der Waals surface area contributed by atoms with Crippen molar-refractivity contribution in [3.63, 3.8) is 0 Å². The summed E-state index contributed by atoms with van der Waals surface area (Å²) in [5, 5.41) is 12.2. The van der Waals surface area contributed by atoms with Crippen LogP contribution in [0.25, 0.3) is 0 Å². The Hall–Kier alpha value is -1.26. The van der Waals surface area contributed by atoms with Gasteiger partial charge in [-0.05, 0) is 46.5 Å². The molecule has 0 saturated heterocycles. The molecule has 118 valence electrons. The zero-order valence-corrected chi connectivity index (χ0v) is 14.1. The third-order valence-corrected chi connectivity index (χ3v) is 3.18. The van der Waals surface area contributed by atoms with Gasteiger partial charge in [-0.2, -0.15) is 0 Å². The molecule has 0 aliphatic rings. The number of aliphatic carboxylic acids is 1.